The fraction of sp³-hybridized carbons (Fsp3) is 0.500. The highest BCUT2D eigenvalue weighted by atomic mass is 32.1. The van der Waals surface area contributed by atoms with Gasteiger partial charge in [-0.1, -0.05) is 0 Å². The lowest BCUT2D eigenvalue weighted by molar-refractivity contribution is -0.126. The van der Waals surface area contributed by atoms with Crippen LogP contribution < -0.4 is 11.3 Å². The number of primary amides is 1. The first kappa shape index (κ1) is 14.5. The standard InChI is InChI=1S/C14H17N3O2S2/c1-14(2,12(15)19)6-17-11(18)9-7-4-3-5-8(7)21-10(9)16-13(17)20/h3-6H2,1-2H3,(H2,15,19)(H,16,20). The van der Waals surface area contributed by atoms with Crippen LogP contribution >= 0.6 is 23.6 Å². The van der Waals surface area contributed by atoms with Crippen LogP contribution in [0.1, 0.15) is 30.7 Å². The molecular formula is C14H17N3O2S2. The van der Waals surface area contributed by atoms with E-state index in [4.69, 9.17) is 18.0 Å². The Morgan fingerprint density at radius 3 is 2.86 bits per heavy atom. The molecule has 1 aliphatic carbocycles. The van der Waals surface area contributed by atoms with Crippen molar-refractivity contribution in [1.29, 1.82) is 0 Å². The molecule has 0 saturated carbocycles. The molecule has 0 aromatic carbocycles. The predicted molar refractivity (Wildman–Crippen MR) is 86.3 cm³/mol. The molecule has 0 atom stereocenters. The molecule has 2 heterocycles. The van der Waals surface area contributed by atoms with E-state index in [0.29, 0.717) is 4.77 Å². The van der Waals surface area contributed by atoms with Gasteiger partial charge >= 0.3 is 0 Å². The summed E-state index contributed by atoms with van der Waals surface area (Å²) in [4.78, 5) is 29.6. The van der Waals surface area contributed by atoms with Gasteiger partial charge in [-0.05, 0) is 50.9 Å². The number of aryl methyl sites for hydroxylation is 2. The van der Waals surface area contributed by atoms with Gasteiger partial charge in [-0.3, -0.25) is 14.2 Å². The molecule has 0 unspecified atom stereocenters. The number of amides is 1. The van der Waals surface area contributed by atoms with E-state index in [0.717, 1.165) is 35.0 Å². The third-order valence-corrected chi connectivity index (χ3v) is 5.60. The van der Waals surface area contributed by atoms with Crippen molar-refractivity contribution in [2.75, 3.05) is 0 Å². The number of H-pyrrole nitrogens is 1. The third kappa shape index (κ3) is 2.24. The predicted octanol–water partition coefficient (Wildman–Crippen LogP) is 2.12. The number of aromatic nitrogens is 2. The minimum Gasteiger partial charge on any atom is -0.369 e. The van der Waals surface area contributed by atoms with Gasteiger partial charge in [0.15, 0.2) is 4.77 Å². The van der Waals surface area contributed by atoms with E-state index in [2.05, 4.69) is 4.98 Å². The third-order valence-electron chi connectivity index (χ3n) is 4.07. The van der Waals surface area contributed by atoms with Crippen LogP contribution in [0.25, 0.3) is 10.2 Å². The molecule has 2 aromatic heterocycles. The lowest BCUT2D eigenvalue weighted by Crippen LogP contribution is -2.38. The van der Waals surface area contributed by atoms with Crippen LogP contribution in [0.5, 0.6) is 0 Å². The van der Waals surface area contributed by atoms with Gasteiger partial charge in [0.25, 0.3) is 5.56 Å². The number of fused-ring (bicyclic) bond motifs is 3. The minimum atomic E-state index is -0.821. The van der Waals surface area contributed by atoms with Crippen LogP contribution in [0.4, 0.5) is 0 Å². The molecule has 0 fully saturated rings. The first-order valence-corrected chi connectivity index (χ1v) is 8.11. The van der Waals surface area contributed by atoms with Crippen molar-refractivity contribution in [3.63, 3.8) is 0 Å². The molecule has 3 rings (SSSR count). The smallest absolute Gasteiger partial charge is 0.263 e. The summed E-state index contributed by atoms with van der Waals surface area (Å²) in [7, 11) is 0. The summed E-state index contributed by atoms with van der Waals surface area (Å²) in [5.41, 5.74) is 5.62. The van der Waals surface area contributed by atoms with E-state index in [1.165, 1.54) is 9.44 Å². The van der Waals surface area contributed by atoms with Gasteiger partial charge < -0.3 is 10.7 Å². The largest absolute Gasteiger partial charge is 0.369 e. The van der Waals surface area contributed by atoms with Gasteiger partial charge in [-0.15, -0.1) is 11.3 Å². The molecule has 3 N–H and O–H groups in total. The van der Waals surface area contributed by atoms with Crippen molar-refractivity contribution >= 4 is 39.7 Å². The summed E-state index contributed by atoms with van der Waals surface area (Å²) in [6, 6.07) is 0. The first-order chi connectivity index (χ1) is 9.81. The summed E-state index contributed by atoms with van der Waals surface area (Å²) in [5, 5.41) is 0.737. The highest BCUT2D eigenvalue weighted by Gasteiger charge is 2.28. The van der Waals surface area contributed by atoms with Crippen molar-refractivity contribution in [2.24, 2.45) is 11.1 Å². The number of nitrogens with two attached hydrogens (primary N) is 1. The number of carbonyl (C=O) groups excluding carboxylic acids is 1. The van der Waals surface area contributed by atoms with Crippen LogP contribution in [0, 0.1) is 10.2 Å². The number of carbonyl (C=O) groups is 1. The monoisotopic (exact) mass is 323 g/mol. The van der Waals surface area contributed by atoms with E-state index in [1.54, 1.807) is 25.2 Å². The van der Waals surface area contributed by atoms with Crippen LogP contribution in [0.2, 0.25) is 0 Å². The number of hydrogen-bond donors (Lipinski definition) is 2. The molecule has 7 heteroatoms. The maximum absolute atomic E-state index is 12.8. The van der Waals surface area contributed by atoms with E-state index in [-0.39, 0.29) is 12.1 Å². The van der Waals surface area contributed by atoms with Gasteiger partial charge in [-0.25, -0.2) is 0 Å². The highest BCUT2D eigenvalue weighted by Crippen LogP contribution is 2.34. The maximum atomic E-state index is 12.8. The molecule has 1 amide bonds. The lowest BCUT2D eigenvalue weighted by atomic mass is 9.92. The fourth-order valence-corrected chi connectivity index (χ4v) is 4.32. The minimum absolute atomic E-state index is 0.109. The van der Waals surface area contributed by atoms with Gasteiger partial charge in [0, 0.05) is 11.4 Å². The number of nitrogens with zero attached hydrogens (tertiary/aromatic N) is 1. The van der Waals surface area contributed by atoms with Crippen molar-refractivity contribution < 1.29 is 4.79 Å². The van der Waals surface area contributed by atoms with Gasteiger partial charge in [0.05, 0.1) is 10.8 Å². The molecule has 0 radical (unpaired) electrons. The topological polar surface area (TPSA) is 80.9 Å². The quantitative estimate of drug-likeness (QED) is 0.849. The maximum Gasteiger partial charge on any atom is 0.263 e. The molecule has 0 saturated heterocycles. The number of thiophene rings is 1. The van der Waals surface area contributed by atoms with Crippen LogP contribution in [-0.2, 0) is 24.2 Å². The van der Waals surface area contributed by atoms with Crippen molar-refractivity contribution in [3.8, 4) is 0 Å². The molecule has 112 valence electrons. The Hall–Kier alpha value is -1.47. The van der Waals surface area contributed by atoms with Crippen LogP contribution in [-0.4, -0.2) is 15.5 Å². The van der Waals surface area contributed by atoms with Gasteiger partial charge in [0.2, 0.25) is 5.91 Å². The molecular weight excluding hydrogens is 306 g/mol. The van der Waals surface area contributed by atoms with Crippen LogP contribution in [0.15, 0.2) is 4.79 Å². The Morgan fingerprint density at radius 1 is 1.48 bits per heavy atom. The van der Waals surface area contributed by atoms with Crippen molar-refractivity contribution in [1.82, 2.24) is 9.55 Å². The zero-order valence-electron chi connectivity index (χ0n) is 12.0. The number of rotatable bonds is 3. The van der Waals surface area contributed by atoms with Gasteiger partial charge in [-0.2, -0.15) is 0 Å². The Morgan fingerprint density at radius 2 is 2.19 bits per heavy atom. The summed E-state index contributed by atoms with van der Waals surface area (Å²) < 4.78 is 1.81. The van der Waals surface area contributed by atoms with E-state index in [9.17, 15) is 9.59 Å². The molecule has 0 bridgehead atoms. The lowest BCUT2D eigenvalue weighted by Gasteiger charge is -2.21. The normalized spacial score (nSPS) is 14.6. The number of nitrogens with one attached hydrogen (secondary N) is 1. The highest BCUT2D eigenvalue weighted by molar-refractivity contribution is 7.71. The SMILES string of the molecule is CC(C)(Cn1c(=S)[nH]c2sc3c(c2c1=O)CCC3)C(N)=O. The summed E-state index contributed by atoms with van der Waals surface area (Å²) >= 11 is 6.91. The molecule has 2 aromatic rings. The molecule has 5 nitrogen and oxygen atoms in total. The summed E-state index contributed by atoms with van der Waals surface area (Å²) in [6.45, 7) is 3.63. The van der Waals surface area contributed by atoms with E-state index in [1.807, 2.05) is 0 Å². The second-order valence-electron chi connectivity index (χ2n) is 6.13. The summed E-state index contributed by atoms with van der Waals surface area (Å²) in [6.07, 6.45) is 3.06. The van der Waals surface area contributed by atoms with E-state index < -0.39 is 11.3 Å². The van der Waals surface area contributed by atoms with E-state index >= 15 is 0 Å². The average molecular weight is 323 g/mol. The van der Waals surface area contributed by atoms with Gasteiger partial charge in [0.1, 0.15) is 4.83 Å². The Bertz CT molecular complexity index is 857. The first-order valence-electron chi connectivity index (χ1n) is 6.88. The molecule has 1 aliphatic rings. The zero-order chi connectivity index (χ0) is 15.4. The molecule has 21 heavy (non-hydrogen) atoms. The molecule has 0 aliphatic heterocycles. The number of aromatic amines is 1. The van der Waals surface area contributed by atoms with Crippen molar-refractivity contribution in [3.05, 3.63) is 25.6 Å². The summed E-state index contributed by atoms with van der Waals surface area (Å²) in [5.74, 6) is -0.445. The zero-order valence-corrected chi connectivity index (χ0v) is 13.6. The second kappa shape index (κ2) is 4.78. The fourth-order valence-electron chi connectivity index (χ4n) is 2.73. The Kier molecular flexibility index (Phi) is 3.29. The number of hydrogen-bond acceptors (Lipinski definition) is 4. The van der Waals surface area contributed by atoms with Crippen LogP contribution in [0.3, 0.4) is 0 Å². The second-order valence-corrected chi connectivity index (χ2v) is 7.62. The van der Waals surface area contributed by atoms with Crippen molar-refractivity contribution in [2.45, 2.75) is 39.7 Å². The Balaban J connectivity index is 2.22. The molecule has 0 spiro atoms. The Labute approximate surface area is 130 Å². The average Bonchev–Trinajstić information content (AvgIpc) is 2.94.